The van der Waals surface area contributed by atoms with Crippen molar-refractivity contribution in [2.24, 2.45) is 5.92 Å². The molecule has 2 rings (SSSR count). The minimum absolute atomic E-state index is 0.252. The molecule has 98 valence electrons. The van der Waals surface area contributed by atoms with Crippen LogP contribution in [0.3, 0.4) is 0 Å². The van der Waals surface area contributed by atoms with Crippen molar-refractivity contribution in [1.82, 2.24) is 4.72 Å². The Balaban J connectivity index is 2.19. The van der Waals surface area contributed by atoms with Crippen LogP contribution >= 0.6 is 0 Å². The molecule has 0 amide bonds. The summed E-state index contributed by atoms with van der Waals surface area (Å²) in [6.45, 7) is 1.97. The lowest BCUT2D eigenvalue weighted by Crippen LogP contribution is -2.57. The second kappa shape index (κ2) is 4.24. The molecule has 6 heteroatoms. The van der Waals surface area contributed by atoms with E-state index in [4.69, 9.17) is 0 Å². The maximum atomic E-state index is 11.9. The van der Waals surface area contributed by atoms with Gasteiger partial charge in [-0.05, 0) is 31.6 Å². The molecule has 0 aromatic rings. The van der Waals surface area contributed by atoms with Gasteiger partial charge in [-0.2, -0.15) is 4.72 Å². The number of hydrogen-bond acceptors (Lipinski definition) is 3. The third kappa shape index (κ3) is 2.63. The first-order valence-corrected chi connectivity index (χ1v) is 7.66. The first-order chi connectivity index (χ1) is 7.86. The molecule has 0 bridgehead atoms. The lowest BCUT2D eigenvalue weighted by atomic mass is 9.77. The molecule has 2 aliphatic carbocycles. The van der Waals surface area contributed by atoms with Gasteiger partial charge in [0.05, 0.1) is 5.25 Å². The summed E-state index contributed by atoms with van der Waals surface area (Å²) < 4.78 is 26.3. The molecular formula is C11H19NO4S. The van der Waals surface area contributed by atoms with Gasteiger partial charge in [0.1, 0.15) is 5.54 Å². The summed E-state index contributed by atoms with van der Waals surface area (Å²) in [5.41, 5.74) is -1.26. The Labute approximate surface area is 102 Å². The van der Waals surface area contributed by atoms with Crippen molar-refractivity contribution in [1.29, 1.82) is 0 Å². The minimum Gasteiger partial charge on any atom is -0.480 e. The zero-order valence-electron chi connectivity index (χ0n) is 9.98. The summed E-state index contributed by atoms with van der Waals surface area (Å²) in [4.78, 5) is 11.4. The van der Waals surface area contributed by atoms with Crippen molar-refractivity contribution in [3.05, 3.63) is 0 Å². The van der Waals surface area contributed by atoms with Gasteiger partial charge in [-0.1, -0.05) is 19.8 Å². The van der Waals surface area contributed by atoms with E-state index in [2.05, 4.69) is 4.72 Å². The highest BCUT2D eigenvalue weighted by Gasteiger charge is 2.48. The Hall–Kier alpha value is -0.620. The molecule has 2 N–H and O–H groups in total. The van der Waals surface area contributed by atoms with Gasteiger partial charge in [0.2, 0.25) is 10.0 Å². The van der Waals surface area contributed by atoms with Gasteiger partial charge in [-0.15, -0.1) is 0 Å². The fraction of sp³-hybridized carbons (Fsp3) is 0.909. The van der Waals surface area contributed by atoms with E-state index in [1.54, 1.807) is 0 Å². The van der Waals surface area contributed by atoms with E-state index in [1.807, 2.05) is 6.92 Å². The molecule has 0 aliphatic heterocycles. The van der Waals surface area contributed by atoms with Crippen molar-refractivity contribution in [3.63, 3.8) is 0 Å². The summed E-state index contributed by atoms with van der Waals surface area (Å²) in [5.74, 6) is -0.782. The summed E-state index contributed by atoms with van der Waals surface area (Å²) in [6, 6.07) is 0. The van der Waals surface area contributed by atoms with Crippen LogP contribution in [0.1, 0.15) is 45.4 Å². The van der Waals surface area contributed by atoms with E-state index in [-0.39, 0.29) is 11.2 Å². The maximum Gasteiger partial charge on any atom is 0.324 e. The second-order valence-electron chi connectivity index (χ2n) is 5.44. The molecule has 2 unspecified atom stereocenters. The van der Waals surface area contributed by atoms with Crippen LogP contribution in [0.4, 0.5) is 0 Å². The predicted molar refractivity (Wildman–Crippen MR) is 63.1 cm³/mol. The number of carboxylic acid groups (broad SMARTS) is 1. The highest BCUT2D eigenvalue weighted by atomic mass is 32.2. The number of sulfonamides is 1. The van der Waals surface area contributed by atoms with Gasteiger partial charge in [-0.25, -0.2) is 8.42 Å². The van der Waals surface area contributed by atoms with Crippen LogP contribution in [0.25, 0.3) is 0 Å². The number of aliphatic carboxylic acids is 1. The topological polar surface area (TPSA) is 83.5 Å². The molecular weight excluding hydrogens is 242 g/mol. The van der Waals surface area contributed by atoms with Gasteiger partial charge in [-0.3, -0.25) is 4.79 Å². The molecule has 5 nitrogen and oxygen atoms in total. The number of hydrogen-bond donors (Lipinski definition) is 2. The van der Waals surface area contributed by atoms with Crippen molar-refractivity contribution in [3.8, 4) is 0 Å². The third-order valence-corrected chi connectivity index (χ3v) is 5.73. The lowest BCUT2D eigenvalue weighted by molar-refractivity contribution is -0.146. The Morgan fingerprint density at radius 3 is 2.47 bits per heavy atom. The van der Waals surface area contributed by atoms with Crippen molar-refractivity contribution in [2.45, 2.75) is 56.2 Å². The number of carbonyl (C=O) groups is 1. The van der Waals surface area contributed by atoms with Crippen LogP contribution in [-0.4, -0.2) is 30.3 Å². The van der Waals surface area contributed by atoms with Crippen molar-refractivity contribution < 1.29 is 18.3 Å². The van der Waals surface area contributed by atoms with E-state index in [1.165, 1.54) is 0 Å². The molecule has 0 aromatic carbocycles. The fourth-order valence-electron chi connectivity index (χ4n) is 2.62. The van der Waals surface area contributed by atoms with E-state index in [0.717, 1.165) is 12.8 Å². The molecule has 0 aromatic heterocycles. The lowest BCUT2D eigenvalue weighted by Gasteiger charge is -2.36. The van der Waals surface area contributed by atoms with Gasteiger partial charge < -0.3 is 5.11 Å². The molecule has 2 atom stereocenters. The summed E-state index contributed by atoms with van der Waals surface area (Å²) in [7, 11) is -3.44. The molecule has 0 heterocycles. The normalized spacial score (nSPS) is 34.5. The van der Waals surface area contributed by atoms with Crippen LogP contribution in [0.2, 0.25) is 0 Å². The van der Waals surface area contributed by atoms with Crippen molar-refractivity contribution in [2.75, 3.05) is 0 Å². The highest BCUT2D eigenvalue weighted by molar-refractivity contribution is 7.90. The molecule has 0 radical (unpaired) electrons. The Morgan fingerprint density at radius 2 is 2.00 bits per heavy atom. The van der Waals surface area contributed by atoms with Gasteiger partial charge in [0.25, 0.3) is 0 Å². The Bertz CT molecular complexity index is 415. The summed E-state index contributed by atoms with van der Waals surface area (Å²) in [6.07, 6.45) is 3.84. The van der Waals surface area contributed by atoms with E-state index in [9.17, 15) is 18.3 Å². The molecule has 0 spiro atoms. The van der Waals surface area contributed by atoms with Crippen molar-refractivity contribution >= 4 is 16.0 Å². The Morgan fingerprint density at radius 1 is 1.35 bits per heavy atom. The summed E-state index contributed by atoms with van der Waals surface area (Å²) in [5, 5.41) is 8.98. The van der Waals surface area contributed by atoms with Gasteiger partial charge in [0, 0.05) is 0 Å². The van der Waals surface area contributed by atoms with Crippen LogP contribution in [0.5, 0.6) is 0 Å². The van der Waals surface area contributed by atoms with Gasteiger partial charge >= 0.3 is 5.97 Å². The Kier molecular flexibility index (Phi) is 3.20. The zero-order valence-corrected chi connectivity index (χ0v) is 10.8. The van der Waals surface area contributed by atoms with E-state index in [0.29, 0.717) is 25.7 Å². The van der Waals surface area contributed by atoms with Gasteiger partial charge in [0.15, 0.2) is 0 Å². The SMILES string of the molecule is CC1CCCC(NS(=O)(=O)C2CC2)(C(=O)O)C1. The minimum atomic E-state index is -3.44. The standard InChI is InChI=1S/C11H19NO4S/c1-8-3-2-6-11(7-8,10(13)14)12-17(15,16)9-4-5-9/h8-9,12H,2-7H2,1H3,(H,13,14). The fourth-order valence-corrected chi connectivity index (χ4v) is 4.36. The van der Waals surface area contributed by atoms with E-state index < -0.39 is 21.5 Å². The molecule has 17 heavy (non-hydrogen) atoms. The third-order valence-electron chi connectivity index (χ3n) is 3.71. The molecule has 2 saturated carbocycles. The van der Waals surface area contributed by atoms with Crippen LogP contribution in [0, 0.1) is 5.92 Å². The highest BCUT2D eigenvalue weighted by Crippen LogP contribution is 2.36. The average molecular weight is 261 g/mol. The maximum absolute atomic E-state index is 11.9. The number of rotatable bonds is 4. The van der Waals surface area contributed by atoms with Crippen LogP contribution < -0.4 is 4.72 Å². The first kappa shape index (κ1) is 12.8. The zero-order chi connectivity index (χ0) is 12.7. The number of carboxylic acids is 1. The van der Waals surface area contributed by atoms with Crippen LogP contribution in [0.15, 0.2) is 0 Å². The van der Waals surface area contributed by atoms with Crippen LogP contribution in [-0.2, 0) is 14.8 Å². The molecule has 2 aliphatic rings. The predicted octanol–water partition coefficient (Wildman–Crippen LogP) is 1.10. The quantitative estimate of drug-likeness (QED) is 0.794. The van der Waals surface area contributed by atoms with E-state index >= 15 is 0 Å². The first-order valence-electron chi connectivity index (χ1n) is 6.12. The summed E-state index contributed by atoms with van der Waals surface area (Å²) >= 11 is 0. The number of nitrogens with one attached hydrogen (secondary N) is 1. The second-order valence-corrected chi connectivity index (χ2v) is 7.40. The monoisotopic (exact) mass is 261 g/mol. The largest absolute Gasteiger partial charge is 0.480 e. The smallest absolute Gasteiger partial charge is 0.324 e. The average Bonchev–Trinajstić information content (AvgIpc) is 2.99. The molecule has 0 saturated heterocycles. The molecule has 2 fully saturated rings.